The van der Waals surface area contributed by atoms with Crippen LogP contribution in [0.25, 0.3) is 10.8 Å². The highest BCUT2D eigenvalue weighted by molar-refractivity contribution is 5.83. The first-order valence-corrected chi connectivity index (χ1v) is 11.1. The molecule has 1 unspecified atom stereocenters. The molecule has 1 atom stereocenters. The zero-order valence-electron chi connectivity index (χ0n) is 18.9. The average molecular weight is 426 g/mol. The van der Waals surface area contributed by atoms with E-state index >= 15 is 0 Å². The van der Waals surface area contributed by atoms with Crippen molar-refractivity contribution in [3.05, 3.63) is 83.4 Å². The van der Waals surface area contributed by atoms with E-state index in [0.717, 1.165) is 34.7 Å². The summed E-state index contributed by atoms with van der Waals surface area (Å²) in [6, 6.07) is 18.6. The van der Waals surface area contributed by atoms with E-state index in [9.17, 15) is 13.9 Å². The molecule has 0 radical (unpaired) electrons. The molecule has 0 aliphatic carbocycles. The number of hydrogen-bond donors (Lipinski definition) is 1. The molecule has 31 heavy (non-hydrogen) atoms. The van der Waals surface area contributed by atoms with Crippen LogP contribution in [0, 0.1) is 17.0 Å². The molecule has 3 rings (SSSR count). The van der Waals surface area contributed by atoms with E-state index in [1.807, 2.05) is 18.2 Å². The molecular formula is C27H33F2NO. The van der Waals surface area contributed by atoms with Crippen LogP contribution < -0.4 is 0 Å². The van der Waals surface area contributed by atoms with Gasteiger partial charge in [-0.15, -0.1) is 0 Å². The molecule has 166 valence electrons. The molecule has 0 fully saturated rings. The summed E-state index contributed by atoms with van der Waals surface area (Å²) in [5, 5.41) is 13.8. The molecule has 0 bridgehead atoms. The molecule has 0 heterocycles. The Hall–Kier alpha value is -2.30. The van der Waals surface area contributed by atoms with Crippen LogP contribution in [0.1, 0.15) is 57.8 Å². The lowest BCUT2D eigenvalue weighted by molar-refractivity contribution is -0.0202. The highest BCUT2D eigenvalue weighted by Crippen LogP contribution is 2.42. The van der Waals surface area contributed by atoms with Crippen LogP contribution >= 0.6 is 0 Å². The van der Waals surface area contributed by atoms with E-state index < -0.39 is 17.7 Å². The van der Waals surface area contributed by atoms with Crippen LogP contribution in [0.3, 0.4) is 0 Å². The summed E-state index contributed by atoms with van der Waals surface area (Å²) in [5.74, 6) is -1.65. The normalized spacial score (nSPS) is 13.3. The number of benzene rings is 3. The Morgan fingerprint density at radius 1 is 0.871 bits per heavy atom. The maximum absolute atomic E-state index is 13.7. The van der Waals surface area contributed by atoms with Gasteiger partial charge in [0.25, 0.3) is 0 Å². The fourth-order valence-corrected chi connectivity index (χ4v) is 4.38. The zero-order chi connectivity index (χ0) is 22.6. The smallest absolute Gasteiger partial charge is 0.159 e. The standard InChI is InChI=1S/C27H33F2NO/c1-5-27(6-2,26(31)23-13-12-21-9-7-8-10-22(21)16-23)18-30(19(3)4)17-20-11-14-24(28)25(29)15-20/h7-16,19,26,31H,5-6,17-18H2,1-4H3. The molecule has 0 amide bonds. The van der Waals surface area contributed by atoms with E-state index in [2.05, 4.69) is 56.9 Å². The van der Waals surface area contributed by atoms with E-state index in [1.165, 1.54) is 12.1 Å². The van der Waals surface area contributed by atoms with Crippen molar-refractivity contribution in [1.29, 1.82) is 0 Å². The maximum Gasteiger partial charge on any atom is 0.159 e. The summed E-state index contributed by atoms with van der Waals surface area (Å²) >= 11 is 0. The molecule has 0 aliphatic rings. The largest absolute Gasteiger partial charge is 0.388 e. The molecule has 0 aliphatic heterocycles. The van der Waals surface area contributed by atoms with Crippen molar-refractivity contribution in [1.82, 2.24) is 4.90 Å². The van der Waals surface area contributed by atoms with Gasteiger partial charge in [-0.1, -0.05) is 56.3 Å². The average Bonchev–Trinajstić information content (AvgIpc) is 2.78. The number of halogens is 2. The minimum Gasteiger partial charge on any atom is -0.388 e. The quantitative estimate of drug-likeness (QED) is 0.404. The molecule has 1 N–H and O–H groups in total. The molecule has 4 heteroatoms. The molecule has 0 spiro atoms. The SMILES string of the molecule is CCC(CC)(CN(Cc1ccc(F)c(F)c1)C(C)C)C(O)c1ccc2ccccc2c1. The number of hydrogen-bond acceptors (Lipinski definition) is 2. The van der Waals surface area contributed by atoms with Gasteiger partial charge in [0.05, 0.1) is 6.10 Å². The minimum atomic E-state index is -0.831. The van der Waals surface area contributed by atoms with Crippen molar-refractivity contribution in [2.45, 2.75) is 59.2 Å². The molecule has 3 aromatic rings. The van der Waals surface area contributed by atoms with Crippen LogP contribution in [0.4, 0.5) is 8.78 Å². The third kappa shape index (κ3) is 5.13. The second-order valence-corrected chi connectivity index (χ2v) is 8.83. The Bertz CT molecular complexity index is 1010. The summed E-state index contributed by atoms with van der Waals surface area (Å²) in [6.45, 7) is 9.58. The molecule has 2 nitrogen and oxygen atoms in total. The third-order valence-electron chi connectivity index (χ3n) is 6.70. The minimum absolute atomic E-state index is 0.189. The van der Waals surface area contributed by atoms with Gasteiger partial charge in [0, 0.05) is 24.5 Å². The Balaban J connectivity index is 1.90. The summed E-state index contributed by atoms with van der Waals surface area (Å²) < 4.78 is 27.1. The second kappa shape index (κ2) is 9.88. The van der Waals surface area contributed by atoms with Gasteiger partial charge in [-0.3, -0.25) is 4.90 Å². The first-order valence-electron chi connectivity index (χ1n) is 11.1. The Labute approximate surface area is 184 Å². The van der Waals surface area contributed by atoms with Gasteiger partial charge in [0.1, 0.15) is 0 Å². The van der Waals surface area contributed by atoms with E-state index in [-0.39, 0.29) is 11.5 Å². The van der Waals surface area contributed by atoms with Gasteiger partial charge < -0.3 is 5.11 Å². The van der Waals surface area contributed by atoms with E-state index in [1.54, 1.807) is 6.07 Å². The lowest BCUT2D eigenvalue weighted by Gasteiger charge is -2.42. The van der Waals surface area contributed by atoms with E-state index in [0.29, 0.717) is 13.1 Å². The van der Waals surface area contributed by atoms with Gasteiger partial charge in [-0.25, -0.2) is 8.78 Å². The lowest BCUT2D eigenvalue weighted by Crippen LogP contribution is -2.44. The van der Waals surface area contributed by atoms with Gasteiger partial charge >= 0.3 is 0 Å². The highest BCUT2D eigenvalue weighted by Gasteiger charge is 2.38. The summed E-state index contributed by atoms with van der Waals surface area (Å²) in [7, 11) is 0. The van der Waals surface area contributed by atoms with Gasteiger partial charge in [-0.2, -0.15) is 0 Å². The zero-order valence-corrected chi connectivity index (χ0v) is 18.9. The van der Waals surface area contributed by atoms with Crippen LogP contribution in [-0.2, 0) is 6.54 Å². The molecule has 3 aromatic carbocycles. The number of fused-ring (bicyclic) bond motifs is 1. The Morgan fingerprint density at radius 2 is 1.55 bits per heavy atom. The number of nitrogens with zero attached hydrogens (tertiary/aromatic N) is 1. The number of rotatable bonds is 9. The monoisotopic (exact) mass is 425 g/mol. The molecule has 0 saturated heterocycles. The summed E-state index contributed by atoms with van der Waals surface area (Å²) in [5.41, 5.74) is 1.29. The molecule has 0 saturated carbocycles. The van der Waals surface area contributed by atoms with Crippen LogP contribution in [0.5, 0.6) is 0 Å². The Morgan fingerprint density at radius 3 is 2.16 bits per heavy atom. The Kier molecular flexibility index (Phi) is 7.45. The second-order valence-electron chi connectivity index (χ2n) is 8.83. The van der Waals surface area contributed by atoms with Gasteiger partial charge in [-0.05, 0) is 66.8 Å². The van der Waals surface area contributed by atoms with Crippen LogP contribution in [0.2, 0.25) is 0 Å². The van der Waals surface area contributed by atoms with Crippen LogP contribution in [-0.4, -0.2) is 22.6 Å². The van der Waals surface area contributed by atoms with Gasteiger partial charge in [0.2, 0.25) is 0 Å². The predicted octanol–water partition coefficient (Wildman–Crippen LogP) is 6.87. The number of aliphatic hydroxyl groups is 1. The van der Waals surface area contributed by atoms with Crippen molar-refractivity contribution in [2.75, 3.05) is 6.54 Å². The summed E-state index contributed by atoms with van der Waals surface area (Å²) in [4.78, 5) is 2.24. The fourth-order valence-electron chi connectivity index (χ4n) is 4.38. The molecule has 0 aromatic heterocycles. The summed E-state index contributed by atoms with van der Waals surface area (Å²) in [6.07, 6.45) is 0.982. The topological polar surface area (TPSA) is 23.5 Å². The van der Waals surface area contributed by atoms with Crippen molar-refractivity contribution in [3.63, 3.8) is 0 Å². The third-order valence-corrected chi connectivity index (χ3v) is 6.70. The van der Waals surface area contributed by atoms with Crippen molar-refractivity contribution in [2.24, 2.45) is 5.41 Å². The van der Waals surface area contributed by atoms with Crippen molar-refractivity contribution < 1.29 is 13.9 Å². The molecular weight excluding hydrogens is 392 g/mol. The highest BCUT2D eigenvalue weighted by atomic mass is 19.2. The number of aliphatic hydroxyl groups excluding tert-OH is 1. The lowest BCUT2D eigenvalue weighted by atomic mass is 9.73. The van der Waals surface area contributed by atoms with Crippen molar-refractivity contribution >= 4 is 10.8 Å². The first-order chi connectivity index (χ1) is 14.8. The van der Waals surface area contributed by atoms with E-state index in [4.69, 9.17) is 0 Å². The van der Waals surface area contributed by atoms with Crippen LogP contribution in [0.15, 0.2) is 60.7 Å². The maximum atomic E-state index is 13.7. The van der Waals surface area contributed by atoms with Crippen molar-refractivity contribution in [3.8, 4) is 0 Å². The van der Waals surface area contributed by atoms with Gasteiger partial charge in [0.15, 0.2) is 11.6 Å². The first kappa shape index (κ1) is 23.4. The fraction of sp³-hybridized carbons (Fsp3) is 0.407. The predicted molar refractivity (Wildman–Crippen MR) is 124 cm³/mol.